The predicted molar refractivity (Wildman–Crippen MR) is 116 cm³/mol. The second-order valence-corrected chi connectivity index (χ2v) is 7.66. The Balaban J connectivity index is 1.28. The molecule has 0 unspecified atom stereocenters. The van der Waals surface area contributed by atoms with Crippen LogP contribution in [0.4, 0.5) is 11.5 Å². The summed E-state index contributed by atoms with van der Waals surface area (Å²) in [5, 5.41) is 15.3. The highest BCUT2D eigenvalue weighted by Gasteiger charge is 2.24. The van der Waals surface area contributed by atoms with Crippen molar-refractivity contribution in [2.75, 3.05) is 18.4 Å². The average Bonchev–Trinajstić information content (AvgIpc) is 3.36. The molecular weight excluding hydrogens is 392 g/mol. The highest BCUT2D eigenvalue weighted by Crippen LogP contribution is 2.32. The van der Waals surface area contributed by atoms with Gasteiger partial charge in [0.2, 0.25) is 0 Å². The lowest BCUT2D eigenvalue weighted by Gasteiger charge is -2.27. The zero-order chi connectivity index (χ0) is 20.8. The molecule has 154 valence electrons. The summed E-state index contributed by atoms with van der Waals surface area (Å²) in [7, 11) is 0. The van der Waals surface area contributed by atoms with Gasteiger partial charge < -0.3 is 15.4 Å². The lowest BCUT2D eigenvalue weighted by atomic mass is 9.95. The second-order valence-electron chi connectivity index (χ2n) is 7.66. The maximum atomic E-state index is 6.08. The van der Waals surface area contributed by atoms with Crippen LogP contribution in [0.15, 0.2) is 61.4 Å². The molecule has 9 heteroatoms. The minimum atomic E-state index is 0.497. The number of anilines is 2. The number of fused-ring (bicyclic) bond motifs is 2. The van der Waals surface area contributed by atoms with Gasteiger partial charge in [0.05, 0.1) is 0 Å². The number of rotatable bonds is 5. The van der Waals surface area contributed by atoms with Gasteiger partial charge in [-0.2, -0.15) is 10.2 Å². The Morgan fingerprint density at radius 3 is 2.68 bits per heavy atom. The standard InChI is InChI=1S/C22H20N8O/c1-14-8-16(2-3-19(14)31-17-4-6-29-20(9-17)24-12-26-29)28-22-21-18(15-10-23-11-15)5-7-30(21)27-13-25-22/h2-9,12-13,15,23H,10-11H2,1H3,(H,25,27,28). The number of pyridine rings is 1. The second kappa shape index (κ2) is 7.06. The molecule has 0 amide bonds. The maximum absolute atomic E-state index is 6.08. The number of ether oxygens (including phenoxy) is 1. The van der Waals surface area contributed by atoms with Gasteiger partial charge >= 0.3 is 0 Å². The fourth-order valence-electron chi connectivity index (χ4n) is 3.87. The summed E-state index contributed by atoms with van der Waals surface area (Å²) >= 11 is 0. The van der Waals surface area contributed by atoms with Crippen LogP contribution in [0, 0.1) is 6.92 Å². The van der Waals surface area contributed by atoms with Crippen LogP contribution in [-0.2, 0) is 0 Å². The summed E-state index contributed by atoms with van der Waals surface area (Å²) in [5.41, 5.74) is 4.98. The first-order valence-electron chi connectivity index (χ1n) is 10.1. The van der Waals surface area contributed by atoms with Crippen LogP contribution in [0.2, 0.25) is 0 Å². The Kier molecular flexibility index (Phi) is 4.07. The highest BCUT2D eigenvalue weighted by atomic mass is 16.5. The van der Waals surface area contributed by atoms with Crippen molar-refractivity contribution in [2.24, 2.45) is 0 Å². The third-order valence-corrected chi connectivity index (χ3v) is 5.62. The first kappa shape index (κ1) is 17.8. The van der Waals surface area contributed by atoms with E-state index in [1.54, 1.807) is 10.8 Å². The van der Waals surface area contributed by atoms with Gasteiger partial charge in [0.25, 0.3) is 0 Å². The quantitative estimate of drug-likeness (QED) is 0.457. The molecule has 5 heterocycles. The summed E-state index contributed by atoms with van der Waals surface area (Å²) in [6.07, 6.45) is 6.91. The van der Waals surface area contributed by atoms with Crippen molar-refractivity contribution in [3.05, 3.63) is 72.6 Å². The molecule has 1 aliphatic heterocycles. The Morgan fingerprint density at radius 2 is 1.84 bits per heavy atom. The van der Waals surface area contributed by atoms with Crippen molar-refractivity contribution in [3.8, 4) is 11.5 Å². The van der Waals surface area contributed by atoms with Crippen molar-refractivity contribution in [1.82, 2.24) is 34.5 Å². The number of hydrogen-bond acceptors (Lipinski definition) is 7. The van der Waals surface area contributed by atoms with Gasteiger partial charge in [0.1, 0.15) is 29.7 Å². The monoisotopic (exact) mass is 412 g/mol. The van der Waals surface area contributed by atoms with Crippen LogP contribution in [0.3, 0.4) is 0 Å². The predicted octanol–water partition coefficient (Wildman–Crippen LogP) is 3.30. The van der Waals surface area contributed by atoms with E-state index in [9.17, 15) is 0 Å². The number of nitrogens with zero attached hydrogens (tertiary/aromatic N) is 6. The molecule has 2 N–H and O–H groups in total. The SMILES string of the molecule is Cc1cc(Nc2ncnn3ccc(C4CNC4)c23)ccc1Oc1ccn2ncnc2c1. The van der Waals surface area contributed by atoms with Crippen LogP contribution < -0.4 is 15.4 Å². The summed E-state index contributed by atoms with van der Waals surface area (Å²) in [6.45, 7) is 3.99. The fourth-order valence-corrected chi connectivity index (χ4v) is 3.87. The third kappa shape index (κ3) is 3.15. The molecule has 1 aromatic carbocycles. The molecule has 1 saturated heterocycles. The van der Waals surface area contributed by atoms with Gasteiger partial charge in [-0.05, 0) is 48.4 Å². The Labute approximate surface area is 177 Å². The van der Waals surface area contributed by atoms with Crippen LogP contribution in [0.1, 0.15) is 17.0 Å². The van der Waals surface area contributed by atoms with Crippen LogP contribution in [-0.4, -0.2) is 42.3 Å². The van der Waals surface area contributed by atoms with Crippen molar-refractivity contribution >= 4 is 22.7 Å². The zero-order valence-corrected chi connectivity index (χ0v) is 16.9. The molecule has 5 aromatic rings. The average molecular weight is 412 g/mol. The molecule has 0 aliphatic carbocycles. The molecule has 9 nitrogen and oxygen atoms in total. The van der Waals surface area contributed by atoms with E-state index in [1.807, 2.05) is 48.1 Å². The third-order valence-electron chi connectivity index (χ3n) is 5.62. The van der Waals surface area contributed by atoms with E-state index in [0.29, 0.717) is 11.7 Å². The minimum absolute atomic E-state index is 0.497. The summed E-state index contributed by atoms with van der Waals surface area (Å²) in [6, 6.07) is 11.9. The van der Waals surface area contributed by atoms with Crippen LogP contribution in [0.5, 0.6) is 11.5 Å². The van der Waals surface area contributed by atoms with Crippen LogP contribution in [0.25, 0.3) is 11.2 Å². The van der Waals surface area contributed by atoms with E-state index in [-0.39, 0.29) is 0 Å². The number of aryl methyl sites for hydroxylation is 1. The zero-order valence-electron chi connectivity index (χ0n) is 16.9. The molecule has 6 rings (SSSR count). The molecule has 31 heavy (non-hydrogen) atoms. The molecule has 0 atom stereocenters. The van der Waals surface area contributed by atoms with E-state index in [2.05, 4.69) is 42.9 Å². The Bertz CT molecular complexity index is 1400. The molecular formula is C22H20N8O. The van der Waals surface area contributed by atoms with E-state index in [1.165, 1.54) is 11.9 Å². The Morgan fingerprint density at radius 1 is 1.00 bits per heavy atom. The molecule has 0 saturated carbocycles. The fraction of sp³-hybridized carbons (Fsp3) is 0.182. The lowest BCUT2D eigenvalue weighted by Crippen LogP contribution is -2.39. The maximum Gasteiger partial charge on any atom is 0.158 e. The molecule has 4 aromatic heterocycles. The smallest absolute Gasteiger partial charge is 0.158 e. The molecule has 0 spiro atoms. The molecule has 0 bridgehead atoms. The number of aromatic nitrogens is 6. The molecule has 1 fully saturated rings. The van der Waals surface area contributed by atoms with E-state index in [0.717, 1.165) is 47.1 Å². The largest absolute Gasteiger partial charge is 0.457 e. The first-order chi connectivity index (χ1) is 15.2. The normalized spacial score (nSPS) is 14.1. The van der Waals surface area contributed by atoms with E-state index in [4.69, 9.17) is 4.74 Å². The van der Waals surface area contributed by atoms with Gasteiger partial charge in [-0.3, -0.25) is 0 Å². The number of nitrogens with one attached hydrogen (secondary N) is 2. The first-order valence-corrected chi connectivity index (χ1v) is 10.1. The highest BCUT2D eigenvalue weighted by molar-refractivity contribution is 5.77. The summed E-state index contributed by atoms with van der Waals surface area (Å²) in [4.78, 5) is 8.71. The lowest BCUT2D eigenvalue weighted by molar-refractivity contribution is 0.451. The van der Waals surface area contributed by atoms with Gasteiger partial charge in [0, 0.05) is 43.2 Å². The van der Waals surface area contributed by atoms with Crippen molar-refractivity contribution < 1.29 is 4.74 Å². The summed E-state index contributed by atoms with van der Waals surface area (Å²) in [5.74, 6) is 2.80. The van der Waals surface area contributed by atoms with Gasteiger partial charge in [0.15, 0.2) is 11.5 Å². The minimum Gasteiger partial charge on any atom is -0.457 e. The van der Waals surface area contributed by atoms with Gasteiger partial charge in [-0.15, -0.1) is 0 Å². The Hall–Kier alpha value is -3.98. The van der Waals surface area contributed by atoms with Crippen molar-refractivity contribution in [2.45, 2.75) is 12.8 Å². The van der Waals surface area contributed by atoms with E-state index < -0.39 is 0 Å². The topological polar surface area (TPSA) is 93.7 Å². The summed E-state index contributed by atoms with van der Waals surface area (Å²) < 4.78 is 9.66. The van der Waals surface area contributed by atoms with E-state index >= 15 is 0 Å². The van der Waals surface area contributed by atoms with Crippen LogP contribution >= 0.6 is 0 Å². The van der Waals surface area contributed by atoms with Gasteiger partial charge in [-0.25, -0.2) is 19.0 Å². The number of benzene rings is 1. The molecule has 1 aliphatic rings. The van der Waals surface area contributed by atoms with Crippen molar-refractivity contribution in [1.29, 1.82) is 0 Å². The van der Waals surface area contributed by atoms with Crippen molar-refractivity contribution in [3.63, 3.8) is 0 Å². The number of hydrogen-bond donors (Lipinski definition) is 2. The van der Waals surface area contributed by atoms with Gasteiger partial charge in [-0.1, -0.05) is 0 Å². The molecule has 0 radical (unpaired) electrons.